The van der Waals surface area contributed by atoms with Gasteiger partial charge in [0.05, 0.1) is 27.4 Å². The summed E-state index contributed by atoms with van der Waals surface area (Å²) < 4.78 is 35.5. The van der Waals surface area contributed by atoms with E-state index >= 15 is 0 Å². The van der Waals surface area contributed by atoms with Crippen molar-refractivity contribution < 1.29 is 52.1 Å². The smallest absolute Gasteiger partial charge is 0.744 e. The predicted molar refractivity (Wildman–Crippen MR) is 111 cm³/mol. The van der Waals surface area contributed by atoms with Gasteiger partial charge in [-0.1, -0.05) is 36.4 Å². The Labute approximate surface area is 201 Å². The van der Waals surface area contributed by atoms with Crippen LogP contribution < -0.4 is 40.6 Å². The first-order valence-corrected chi connectivity index (χ1v) is 10.5. The fraction of sp³-hybridized carbons (Fsp3) is 0.0909. The van der Waals surface area contributed by atoms with Crippen LogP contribution in [0.2, 0.25) is 0 Å². The van der Waals surface area contributed by atoms with E-state index in [1.165, 1.54) is 12.1 Å². The topological polar surface area (TPSA) is 129 Å². The monoisotopic (exact) mass is 444 g/mol. The molecule has 3 aromatic carbocycles. The number of ketones is 2. The molecule has 0 aromatic heterocycles. The van der Waals surface area contributed by atoms with E-state index < -0.39 is 32.3 Å². The number of nitrogen functional groups attached to an aromatic ring is 1. The van der Waals surface area contributed by atoms with Crippen LogP contribution in [0.15, 0.2) is 53.4 Å². The standard InChI is InChI=1S/C22H18N2O5S.Na/c1-11-6-5-9-15(12(11)2)24-16-10-17(30(27,28)29)20(23)19-18(16)21(25)13-7-3-4-8-14(13)22(19)26;/h3-10,24H,23H2,1-2H3,(H,27,28,29);/q;+1/p-1. The molecule has 0 saturated heterocycles. The van der Waals surface area contributed by atoms with Crippen molar-refractivity contribution in [3.8, 4) is 0 Å². The van der Waals surface area contributed by atoms with Crippen LogP contribution in [0.4, 0.5) is 17.1 Å². The third-order valence-electron chi connectivity index (χ3n) is 5.34. The largest absolute Gasteiger partial charge is 1.00 e. The average Bonchev–Trinajstić information content (AvgIpc) is 2.69. The van der Waals surface area contributed by atoms with Crippen LogP contribution in [0.1, 0.15) is 43.0 Å². The van der Waals surface area contributed by atoms with Gasteiger partial charge in [-0.05, 0) is 37.1 Å². The third-order valence-corrected chi connectivity index (χ3v) is 6.22. The molecule has 3 N–H and O–H groups in total. The Hall–Kier alpha value is -2.49. The summed E-state index contributed by atoms with van der Waals surface area (Å²) in [7, 11) is -5.00. The maximum Gasteiger partial charge on any atom is 1.00 e. The molecule has 0 fully saturated rings. The van der Waals surface area contributed by atoms with Gasteiger partial charge >= 0.3 is 29.6 Å². The fourth-order valence-corrected chi connectivity index (χ4v) is 4.26. The maximum absolute atomic E-state index is 13.3. The summed E-state index contributed by atoms with van der Waals surface area (Å²) in [4.78, 5) is 25.6. The number of anilines is 3. The Morgan fingerprint density at radius 1 is 0.871 bits per heavy atom. The van der Waals surface area contributed by atoms with Crippen molar-refractivity contribution in [3.05, 3.63) is 81.9 Å². The Bertz CT molecular complexity index is 1370. The Kier molecular flexibility index (Phi) is 6.14. The molecule has 4 rings (SSSR count). The Morgan fingerprint density at radius 2 is 1.45 bits per heavy atom. The number of benzene rings is 3. The van der Waals surface area contributed by atoms with Gasteiger partial charge in [0.1, 0.15) is 10.1 Å². The summed E-state index contributed by atoms with van der Waals surface area (Å²) >= 11 is 0. The molecule has 9 heteroatoms. The summed E-state index contributed by atoms with van der Waals surface area (Å²) in [6, 6.07) is 12.7. The molecule has 3 aromatic rings. The average molecular weight is 444 g/mol. The Balaban J connectivity index is 0.00000272. The molecule has 31 heavy (non-hydrogen) atoms. The minimum absolute atomic E-state index is 0. The van der Waals surface area contributed by atoms with E-state index in [2.05, 4.69) is 5.32 Å². The number of hydrogen-bond donors (Lipinski definition) is 2. The van der Waals surface area contributed by atoms with E-state index in [4.69, 9.17) is 5.73 Å². The van der Waals surface area contributed by atoms with Crippen LogP contribution in [-0.4, -0.2) is 24.5 Å². The number of nitrogens with two attached hydrogens (primary N) is 1. The first kappa shape index (κ1) is 23.2. The molecule has 152 valence electrons. The molecule has 0 spiro atoms. The molecule has 1 aliphatic rings. The predicted octanol–water partition coefficient (Wildman–Crippen LogP) is 0.313. The molecule has 0 unspecified atom stereocenters. The summed E-state index contributed by atoms with van der Waals surface area (Å²) in [5.74, 6) is -1.08. The number of hydrogen-bond acceptors (Lipinski definition) is 7. The minimum Gasteiger partial charge on any atom is -0.744 e. The van der Waals surface area contributed by atoms with E-state index in [9.17, 15) is 22.6 Å². The first-order valence-electron chi connectivity index (χ1n) is 9.05. The number of rotatable bonds is 3. The van der Waals surface area contributed by atoms with Crippen molar-refractivity contribution in [1.29, 1.82) is 0 Å². The molecule has 0 aliphatic heterocycles. The van der Waals surface area contributed by atoms with Gasteiger partial charge in [-0.3, -0.25) is 9.59 Å². The van der Waals surface area contributed by atoms with Crippen molar-refractivity contribution in [3.63, 3.8) is 0 Å². The molecule has 7 nitrogen and oxygen atoms in total. The van der Waals surface area contributed by atoms with Crippen molar-refractivity contribution in [2.24, 2.45) is 0 Å². The number of carbonyl (C=O) groups excluding carboxylic acids is 2. The van der Waals surface area contributed by atoms with E-state index in [0.717, 1.165) is 17.2 Å². The maximum atomic E-state index is 13.3. The molecular formula is C22H17N2NaO5S. The summed E-state index contributed by atoms with van der Waals surface area (Å²) in [5.41, 5.74) is 7.87. The van der Waals surface area contributed by atoms with Crippen LogP contribution in [0.5, 0.6) is 0 Å². The minimum atomic E-state index is -5.00. The van der Waals surface area contributed by atoms with Crippen LogP contribution >= 0.6 is 0 Å². The van der Waals surface area contributed by atoms with E-state index in [-0.39, 0.29) is 57.5 Å². The third kappa shape index (κ3) is 3.81. The van der Waals surface area contributed by atoms with E-state index in [1.807, 2.05) is 19.9 Å². The number of aryl methyl sites for hydroxylation is 1. The van der Waals surface area contributed by atoms with Gasteiger partial charge in [-0.25, -0.2) is 8.42 Å². The molecule has 0 amide bonds. The van der Waals surface area contributed by atoms with Crippen LogP contribution in [-0.2, 0) is 10.1 Å². The molecule has 1 aliphatic carbocycles. The van der Waals surface area contributed by atoms with Gasteiger partial charge < -0.3 is 15.6 Å². The normalized spacial score (nSPS) is 12.6. The molecule has 0 saturated carbocycles. The first-order chi connectivity index (χ1) is 14.1. The van der Waals surface area contributed by atoms with Crippen molar-refractivity contribution >= 4 is 38.7 Å². The van der Waals surface area contributed by atoms with E-state index in [0.29, 0.717) is 5.69 Å². The van der Waals surface area contributed by atoms with Gasteiger partial charge in [0.15, 0.2) is 11.6 Å². The van der Waals surface area contributed by atoms with Gasteiger partial charge in [0.25, 0.3) is 0 Å². The molecule has 0 radical (unpaired) electrons. The zero-order valence-corrected chi connectivity index (χ0v) is 20.0. The summed E-state index contributed by atoms with van der Waals surface area (Å²) in [6.07, 6.45) is 0. The number of carbonyl (C=O) groups is 2. The van der Waals surface area contributed by atoms with Crippen molar-refractivity contribution in [2.45, 2.75) is 18.7 Å². The summed E-state index contributed by atoms with van der Waals surface area (Å²) in [6.45, 7) is 3.76. The molecule has 0 heterocycles. The van der Waals surface area contributed by atoms with Gasteiger partial charge in [0, 0.05) is 16.8 Å². The van der Waals surface area contributed by atoms with Gasteiger partial charge in [-0.2, -0.15) is 0 Å². The SMILES string of the molecule is Cc1cccc(Nc2cc(S(=O)(=O)[O-])c(N)c3c2C(=O)c2ccccc2C3=O)c1C.[Na+]. The number of nitrogens with one attached hydrogen (secondary N) is 1. The number of fused-ring (bicyclic) bond motifs is 2. The van der Waals surface area contributed by atoms with E-state index in [1.54, 1.807) is 24.3 Å². The van der Waals surface area contributed by atoms with Crippen molar-refractivity contribution in [1.82, 2.24) is 0 Å². The fourth-order valence-electron chi connectivity index (χ4n) is 3.63. The molecule has 0 bridgehead atoms. The van der Waals surface area contributed by atoms with Crippen molar-refractivity contribution in [2.75, 3.05) is 11.1 Å². The second-order valence-electron chi connectivity index (χ2n) is 7.12. The second kappa shape index (κ2) is 8.22. The molecular weight excluding hydrogens is 427 g/mol. The van der Waals surface area contributed by atoms with Crippen LogP contribution in [0.25, 0.3) is 0 Å². The quantitative estimate of drug-likeness (QED) is 0.264. The second-order valence-corrected chi connectivity index (χ2v) is 8.46. The summed E-state index contributed by atoms with van der Waals surface area (Å²) in [5, 5.41) is 3.03. The van der Waals surface area contributed by atoms with Gasteiger partial charge in [-0.15, -0.1) is 0 Å². The van der Waals surface area contributed by atoms with Gasteiger partial charge in [0.2, 0.25) is 0 Å². The zero-order valence-electron chi connectivity index (χ0n) is 17.1. The van der Waals surface area contributed by atoms with Crippen LogP contribution in [0.3, 0.4) is 0 Å². The molecule has 0 atom stereocenters. The Morgan fingerprint density at radius 3 is 2.03 bits per heavy atom. The van der Waals surface area contributed by atoms with Crippen LogP contribution in [0, 0.1) is 13.8 Å². The zero-order chi connectivity index (χ0) is 21.8.